The first-order chi connectivity index (χ1) is 11.2. The summed E-state index contributed by atoms with van der Waals surface area (Å²) >= 11 is 0. The molecule has 0 unspecified atom stereocenters. The number of nitrogens with zero attached hydrogens (tertiary/aromatic N) is 3. The number of carbonyl (C=O) groups is 1. The van der Waals surface area contributed by atoms with E-state index < -0.39 is 0 Å². The molecule has 1 aromatic carbocycles. The second kappa shape index (κ2) is 6.83. The molecule has 0 aliphatic rings. The van der Waals surface area contributed by atoms with Gasteiger partial charge in [-0.2, -0.15) is 0 Å². The van der Waals surface area contributed by atoms with Gasteiger partial charge in [0.25, 0.3) is 5.91 Å². The molecule has 0 radical (unpaired) electrons. The van der Waals surface area contributed by atoms with E-state index in [0.29, 0.717) is 30.3 Å². The number of pyridine rings is 1. The van der Waals surface area contributed by atoms with Gasteiger partial charge in [-0.15, -0.1) is 10.2 Å². The number of carbonyl (C=O) groups excluding carboxylic acids is 1. The number of hydrogen-bond donors (Lipinski definition) is 1. The van der Waals surface area contributed by atoms with Crippen molar-refractivity contribution in [3.05, 3.63) is 65.8 Å². The summed E-state index contributed by atoms with van der Waals surface area (Å²) in [5.74, 6) is 0.839. The van der Waals surface area contributed by atoms with Crippen molar-refractivity contribution in [1.82, 2.24) is 20.5 Å². The molecule has 6 heteroatoms. The summed E-state index contributed by atoms with van der Waals surface area (Å²) in [6.45, 7) is 2.44. The smallest absolute Gasteiger partial charge is 0.251 e. The zero-order valence-corrected chi connectivity index (χ0v) is 12.7. The number of nitrogens with one attached hydrogen (secondary N) is 1. The van der Waals surface area contributed by atoms with Crippen LogP contribution in [0.25, 0.3) is 11.5 Å². The van der Waals surface area contributed by atoms with Gasteiger partial charge in [0.05, 0.1) is 0 Å². The van der Waals surface area contributed by atoms with Gasteiger partial charge in [-0.1, -0.05) is 17.7 Å². The lowest BCUT2D eigenvalue weighted by molar-refractivity contribution is 0.0953. The number of amides is 1. The van der Waals surface area contributed by atoms with Crippen LogP contribution in [-0.4, -0.2) is 27.6 Å². The van der Waals surface area contributed by atoms with Crippen LogP contribution in [0.5, 0.6) is 0 Å². The first-order valence-corrected chi connectivity index (χ1v) is 7.30. The lowest BCUT2D eigenvalue weighted by atomic mass is 10.1. The van der Waals surface area contributed by atoms with Gasteiger partial charge in [0, 0.05) is 36.5 Å². The number of aryl methyl sites for hydroxylation is 1. The fraction of sp³-hybridized carbons (Fsp3) is 0.176. The van der Waals surface area contributed by atoms with E-state index in [-0.39, 0.29) is 5.91 Å². The minimum absolute atomic E-state index is 0.147. The Morgan fingerprint density at radius 1 is 1.17 bits per heavy atom. The third-order valence-electron chi connectivity index (χ3n) is 3.30. The molecule has 0 bridgehead atoms. The Balaban J connectivity index is 1.57. The minimum atomic E-state index is -0.147. The first-order valence-electron chi connectivity index (χ1n) is 7.30. The molecule has 23 heavy (non-hydrogen) atoms. The maximum atomic E-state index is 11.9. The zero-order chi connectivity index (χ0) is 16.1. The van der Waals surface area contributed by atoms with Gasteiger partial charge >= 0.3 is 0 Å². The number of rotatable bonds is 5. The summed E-state index contributed by atoms with van der Waals surface area (Å²) < 4.78 is 5.63. The highest BCUT2D eigenvalue weighted by atomic mass is 16.4. The van der Waals surface area contributed by atoms with Gasteiger partial charge < -0.3 is 9.73 Å². The maximum absolute atomic E-state index is 11.9. The van der Waals surface area contributed by atoms with Crippen LogP contribution in [0.2, 0.25) is 0 Å². The molecule has 3 rings (SSSR count). The van der Waals surface area contributed by atoms with Crippen molar-refractivity contribution in [2.75, 3.05) is 6.54 Å². The molecule has 0 atom stereocenters. The van der Waals surface area contributed by atoms with E-state index in [1.54, 1.807) is 24.5 Å². The first kappa shape index (κ1) is 14.9. The van der Waals surface area contributed by atoms with Crippen molar-refractivity contribution in [1.29, 1.82) is 0 Å². The van der Waals surface area contributed by atoms with E-state index in [1.165, 1.54) is 0 Å². The van der Waals surface area contributed by atoms with E-state index in [0.717, 1.165) is 11.1 Å². The Labute approximate surface area is 133 Å². The SMILES string of the molecule is Cc1cccc(-c2nnc(CCNC(=O)c3ccncc3)o2)c1. The van der Waals surface area contributed by atoms with Crippen molar-refractivity contribution in [2.24, 2.45) is 0 Å². The van der Waals surface area contributed by atoms with Crippen molar-refractivity contribution >= 4 is 5.91 Å². The number of benzene rings is 1. The van der Waals surface area contributed by atoms with E-state index in [9.17, 15) is 4.79 Å². The standard InChI is InChI=1S/C17H16N4O2/c1-12-3-2-4-14(11-12)17-21-20-15(23-17)7-10-19-16(22)13-5-8-18-9-6-13/h2-6,8-9,11H,7,10H2,1H3,(H,19,22). The van der Waals surface area contributed by atoms with E-state index in [2.05, 4.69) is 20.5 Å². The second-order valence-corrected chi connectivity index (χ2v) is 5.11. The zero-order valence-electron chi connectivity index (χ0n) is 12.7. The molecular weight excluding hydrogens is 292 g/mol. The van der Waals surface area contributed by atoms with Gasteiger partial charge in [0.1, 0.15) is 0 Å². The molecule has 0 aliphatic carbocycles. The average Bonchev–Trinajstić information content (AvgIpc) is 3.04. The predicted molar refractivity (Wildman–Crippen MR) is 84.7 cm³/mol. The topological polar surface area (TPSA) is 80.9 Å². The van der Waals surface area contributed by atoms with E-state index in [1.807, 2.05) is 31.2 Å². The second-order valence-electron chi connectivity index (χ2n) is 5.11. The highest BCUT2D eigenvalue weighted by Gasteiger charge is 2.09. The maximum Gasteiger partial charge on any atom is 0.251 e. The minimum Gasteiger partial charge on any atom is -0.421 e. The van der Waals surface area contributed by atoms with Crippen molar-refractivity contribution in [3.63, 3.8) is 0 Å². The average molecular weight is 308 g/mol. The Morgan fingerprint density at radius 2 is 2.00 bits per heavy atom. The molecule has 0 saturated heterocycles. The Morgan fingerprint density at radius 3 is 2.78 bits per heavy atom. The molecule has 3 aromatic rings. The van der Waals surface area contributed by atoms with Crippen LogP contribution >= 0.6 is 0 Å². The quantitative estimate of drug-likeness (QED) is 0.783. The van der Waals surface area contributed by atoms with E-state index >= 15 is 0 Å². The van der Waals surface area contributed by atoms with Gasteiger partial charge in [-0.25, -0.2) is 0 Å². The molecule has 1 N–H and O–H groups in total. The highest BCUT2D eigenvalue weighted by Crippen LogP contribution is 2.18. The third-order valence-corrected chi connectivity index (χ3v) is 3.30. The molecule has 2 heterocycles. The van der Waals surface area contributed by atoms with Crippen molar-refractivity contribution in [3.8, 4) is 11.5 Å². The molecule has 0 aliphatic heterocycles. The summed E-state index contributed by atoms with van der Waals surface area (Å²) in [5.41, 5.74) is 2.60. The summed E-state index contributed by atoms with van der Waals surface area (Å²) in [7, 11) is 0. The summed E-state index contributed by atoms with van der Waals surface area (Å²) in [4.78, 5) is 15.8. The molecule has 6 nitrogen and oxygen atoms in total. The van der Waals surface area contributed by atoms with Crippen LogP contribution in [0.15, 0.2) is 53.2 Å². The Kier molecular flexibility index (Phi) is 4.42. The normalized spacial score (nSPS) is 10.5. The molecule has 1 amide bonds. The summed E-state index contributed by atoms with van der Waals surface area (Å²) in [6, 6.07) is 11.2. The molecule has 2 aromatic heterocycles. The van der Waals surface area contributed by atoms with Crippen LogP contribution in [-0.2, 0) is 6.42 Å². The van der Waals surface area contributed by atoms with Gasteiger partial charge in [-0.3, -0.25) is 9.78 Å². The van der Waals surface area contributed by atoms with E-state index in [4.69, 9.17) is 4.42 Å². The number of aromatic nitrogens is 3. The third kappa shape index (κ3) is 3.79. The summed E-state index contributed by atoms with van der Waals surface area (Å²) in [6.07, 6.45) is 3.65. The predicted octanol–water partition coefficient (Wildman–Crippen LogP) is 2.41. The van der Waals surface area contributed by atoms with Crippen LogP contribution in [0.4, 0.5) is 0 Å². The van der Waals surface area contributed by atoms with Crippen molar-refractivity contribution < 1.29 is 9.21 Å². The van der Waals surface area contributed by atoms with Gasteiger partial charge in [0.15, 0.2) is 0 Å². The van der Waals surface area contributed by atoms with Crippen LogP contribution in [0.1, 0.15) is 21.8 Å². The van der Waals surface area contributed by atoms with Crippen LogP contribution in [0.3, 0.4) is 0 Å². The van der Waals surface area contributed by atoms with Crippen molar-refractivity contribution in [2.45, 2.75) is 13.3 Å². The lowest BCUT2D eigenvalue weighted by Crippen LogP contribution is -2.25. The fourth-order valence-electron chi connectivity index (χ4n) is 2.14. The fourth-order valence-corrected chi connectivity index (χ4v) is 2.14. The highest BCUT2D eigenvalue weighted by molar-refractivity contribution is 5.93. The summed E-state index contributed by atoms with van der Waals surface area (Å²) in [5, 5.41) is 10.9. The monoisotopic (exact) mass is 308 g/mol. The molecular formula is C17H16N4O2. The van der Waals surface area contributed by atoms with Crippen LogP contribution in [0, 0.1) is 6.92 Å². The largest absolute Gasteiger partial charge is 0.421 e. The molecule has 0 spiro atoms. The molecule has 116 valence electrons. The number of hydrogen-bond acceptors (Lipinski definition) is 5. The Hall–Kier alpha value is -3.02. The van der Waals surface area contributed by atoms with Crippen LogP contribution < -0.4 is 5.32 Å². The molecule has 0 saturated carbocycles. The molecule has 0 fully saturated rings. The van der Waals surface area contributed by atoms with Gasteiger partial charge in [-0.05, 0) is 31.2 Å². The van der Waals surface area contributed by atoms with Gasteiger partial charge in [0.2, 0.25) is 11.8 Å². The Bertz CT molecular complexity index is 799. The lowest BCUT2D eigenvalue weighted by Gasteiger charge is -2.02.